The van der Waals surface area contributed by atoms with E-state index in [4.69, 9.17) is 14.2 Å². The normalized spacial score (nSPS) is 20.8. The predicted molar refractivity (Wildman–Crippen MR) is 123 cm³/mol. The lowest BCUT2D eigenvalue weighted by Crippen LogP contribution is -2.59. The molecule has 1 fully saturated rings. The van der Waals surface area contributed by atoms with E-state index >= 15 is 0 Å². The summed E-state index contributed by atoms with van der Waals surface area (Å²) < 4.78 is 32.2. The Hall–Kier alpha value is -3.14. The number of aromatic nitrogens is 2. The van der Waals surface area contributed by atoms with Gasteiger partial charge in [-0.15, -0.1) is 0 Å². The molecule has 3 aromatic rings. The van der Waals surface area contributed by atoms with Crippen LogP contribution in [0.1, 0.15) is 12.0 Å². The van der Waals surface area contributed by atoms with Crippen molar-refractivity contribution < 1.29 is 28.8 Å². The molecule has 2 atom stereocenters. The zero-order valence-corrected chi connectivity index (χ0v) is 19.1. The van der Waals surface area contributed by atoms with Crippen molar-refractivity contribution in [2.75, 3.05) is 33.4 Å². The fraction of sp³-hybridized carbons (Fsp3) is 0.400. The van der Waals surface area contributed by atoms with Gasteiger partial charge in [0.1, 0.15) is 30.4 Å². The summed E-state index contributed by atoms with van der Waals surface area (Å²) in [6, 6.07) is 13.3. The number of β-amino-alcohol motifs (C(OH)–C–C–N with tert-alkyl or cyclic N) is 1. The largest absolute Gasteiger partial charge is 0.493 e. The molecule has 8 nitrogen and oxygen atoms in total. The molecule has 1 aliphatic heterocycles. The smallest absolute Gasteiger partial charge is 0.161 e. The van der Waals surface area contributed by atoms with Crippen molar-refractivity contribution in [3.8, 4) is 17.2 Å². The van der Waals surface area contributed by atoms with Crippen LogP contribution in [0.25, 0.3) is 0 Å². The number of methoxy groups -OCH3 is 1. The number of ether oxygens (including phenoxy) is 3. The minimum absolute atomic E-state index is 0.138. The molecule has 9 heteroatoms. The van der Waals surface area contributed by atoms with E-state index in [9.17, 15) is 14.6 Å². The SMILES string of the molecule is COc1cc(CN2CC[C@H](O)[C@@](O)(COc3cccc(F)c3)C2)ccc1OCCn1cccn1. The quantitative estimate of drug-likeness (QED) is 0.470. The zero-order chi connectivity index (χ0) is 24.0. The lowest BCUT2D eigenvalue weighted by molar-refractivity contribution is -0.140. The molecule has 2 heterocycles. The summed E-state index contributed by atoms with van der Waals surface area (Å²) in [5.41, 5.74) is -0.481. The van der Waals surface area contributed by atoms with Gasteiger partial charge in [-0.05, 0) is 42.3 Å². The Labute approximate surface area is 198 Å². The Kier molecular flexibility index (Phi) is 7.66. The highest BCUT2D eigenvalue weighted by Crippen LogP contribution is 2.30. The first-order valence-corrected chi connectivity index (χ1v) is 11.2. The van der Waals surface area contributed by atoms with Gasteiger partial charge in [-0.2, -0.15) is 5.10 Å². The van der Waals surface area contributed by atoms with Crippen LogP contribution in [0, 0.1) is 5.82 Å². The highest BCUT2D eigenvalue weighted by atomic mass is 19.1. The molecule has 1 saturated heterocycles. The zero-order valence-electron chi connectivity index (χ0n) is 19.1. The molecule has 0 bridgehead atoms. The predicted octanol–water partition coefficient (Wildman–Crippen LogP) is 2.49. The van der Waals surface area contributed by atoms with Gasteiger partial charge in [0.15, 0.2) is 11.5 Å². The van der Waals surface area contributed by atoms with Gasteiger partial charge in [0.2, 0.25) is 0 Å². The maximum Gasteiger partial charge on any atom is 0.161 e. The Bertz CT molecular complexity index is 1060. The van der Waals surface area contributed by atoms with E-state index in [1.54, 1.807) is 24.1 Å². The van der Waals surface area contributed by atoms with E-state index in [0.717, 1.165) is 5.56 Å². The van der Waals surface area contributed by atoms with Gasteiger partial charge in [0, 0.05) is 38.1 Å². The van der Waals surface area contributed by atoms with Crippen molar-refractivity contribution in [1.29, 1.82) is 0 Å². The van der Waals surface area contributed by atoms with Crippen molar-refractivity contribution in [1.82, 2.24) is 14.7 Å². The Morgan fingerprint density at radius 2 is 2.03 bits per heavy atom. The van der Waals surface area contributed by atoms with Gasteiger partial charge in [0.25, 0.3) is 0 Å². The summed E-state index contributed by atoms with van der Waals surface area (Å²) in [6.07, 6.45) is 3.07. The van der Waals surface area contributed by atoms with Gasteiger partial charge in [-0.25, -0.2) is 4.39 Å². The minimum atomic E-state index is -1.47. The lowest BCUT2D eigenvalue weighted by Gasteiger charge is -2.42. The van der Waals surface area contributed by atoms with E-state index in [2.05, 4.69) is 10.00 Å². The Morgan fingerprint density at radius 3 is 2.79 bits per heavy atom. The van der Waals surface area contributed by atoms with Gasteiger partial charge in [0.05, 0.1) is 19.8 Å². The minimum Gasteiger partial charge on any atom is -0.493 e. The van der Waals surface area contributed by atoms with E-state index in [0.29, 0.717) is 49.9 Å². The molecule has 0 spiro atoms. The van der Waals surface area contributed by atoms with Crippen LogP contribution in [0.4, 0.5) is 4.39 Å². The molecule has 0 radical (unpaired) electrons. The van der Waals surface area contributed by atoms with E-state index in [-0.39, 0.29) is 13.2 Å². The number of aliphatic hydroxyl groups is 2. The molecule has 1 aromatic heterocycles. The van der Waals surface area contributed by atoms with Crippen LogP contribution in [-0.4, -0.2) is 70.0 Å². The fourth-order valence-corrected chi connectivity index (χ4v) is 4.06. The number of aliphatic hydroxyl groups excluding tert-OH is 1. The molecule has 4 rings (SSSR count). The third-order valence-corrected chi connectivity index (χ3v) is 5.89. The monoisotopic (exact) mass is 471 g/mol. The Morgan fingerprint density at radius 1 is 1.15 bits per heavy atom. The molecule has 0 unspecified atom stereocenters. The van der Waals surface area contributed by atoms with E-state index in [1.807, 2.05) is 30.5 Å². The van der Waals surface area contributed by atoms with Crippen molar-refractivity contribution in [2.24, 2.45) is 0 Å². The summed E-state index contributed by atoms with van der Waals surface area (Å²) in [7, 11) is 1.60. The van der Waals surface area contributed by atoms with E-state index in [1.165, 1.54) is 18.2 Å². The third-order valence-electron chi connectivity index (χ3n) is 5.89. The summed E-state index contributed by atoms with van der Waals surface area (Å²) in [6.45, 7) is 2.34. The molecule has 0 aliphatic carbocycles. The molecule has 0 saturated carbocycles. The average molecular weight is 472 g/mol. The summed E-state index contributed by atoms with van der Waals surface area (Å²) in [5.74, 6) is 1.16. The van der Waals surface area contributed by atoms with Crippen LogP contribution in [0.15, 0.2) is 60.9 Å². The maximum absolute atomic E-state index is 13.4. The van der Waals surface area contributed by atoms with Crippen LogP contribution in [-0.2, 0) is 13.1 Å². The van der Waals surface area contributed by atoms with Crippen molar-refractivity contribution in [2.45, 2.75) is 31.2 Å². The second-order valence-corrected chi connectivity index (χ2v) is 8.47. The highest BCUT2D eigenvalue weighted by molar-refractivity contribution is 5.43. The number of likely N-dealkylation sites (tertiary alicyclic amines) is 1. The average Bonchev–Trinajstić information content (AvgIpc) is 3.35. The number of hydrogen-bond acceptors (Lipinski definition) is 7. The van der Waals surface area contributed by atoms with Crippen LogP contribution < -0.4 is 14.2 Å². The highest BCUT2D eigenvalue weighted by Gasteiger charge is 2.42. The summed E-state index contributed by atoms with van der Waals surface area (Å²) in [4.78, 5) is 2.05. The van der Waals surface area contributed by atoms with Gasteiger partial charge in [-0.1, -0.05) is 12.1 Å². The molecule has 2 N–H and O–H groups in total. The maximum atomic E-state index is 13.4. The Balaban J connectivity index is 1.35. The van der Waals surface area contributed by atoms with Gasteiger partial charge in [-0.3, -0.25) is 9.58 Å². The van der Waals surface area contributed by atoms with Crippen molar-refractivity contribution in [3.05, 3.63) is 72.3 Å². The number of benzene rings is 2. The number of nitrogens with zero attached hydrogens (tertiary/aromatic N) is 3. The first kappa shape index (κ1) is 24.0. The molecule has 2 aromatic carbocycles. The van der Waals surface area contributed by atoms with Crippen LogP contribution in [0.5, 0.6) is 17.2 Å². The third kappa shape index (κ3) is 6.05. The second-order valence-electron chi connectivity index (χ2n) is 8.47. The number of rotatable bonds is 10. The number of halogens is 1. The first-order valence-electron chi connectivity index (χ1n) is 11.2. The molecule has 182 valence electrons. The molecular weight excluding hydrogens is 441 g/mol. The lowest BCUT2D eigenvalue weighted by atomic mass is 9.90. The van der Waals surface area contributed by atoms with Gasteiger partial charge >= 0.3 is 0 Å². The first-order chi connectivity index (χ1) is 16.4. The van der Waals surface area contributed by atoms with Crippen molar-refractivity contribution in [3.63, 3.8) is 0 Å². The van der Waals surface area contributed by atoms with Crippen LogP contribution in [0.3, 0.4) is 0 Å². The van der Waals surface area contributed by atoms with Gasteiger partial charge < -0.3 is 24.4 Å². The second kappa shape index (κ2) is 10.9. The topological polar surface area (TPSA) is 89.2 Å². The van der Waals surface area contributed by atoms with Crippen LogP contribution in [0.2, 0.25) is 0 Å². The molecule has 1 aliphatic rings. The van der Waals surface area contributed by atoms with Crippen molar-refractivity contribution >= 4 is 0 Å². The van der Waals surface area contributed by atoms with Crippen LogP contribution >= 0.6 is 0 Å². The molecular formula is C25H30FN3O5. The van der Waals surface area contributed by atoms with E-state index < -0.39 is 17.5 Å². The molecule has 0 amide bonds. The summed E-state index contributed by atoms with van der Waals surface area (Å²) >= 11 is 0. The number of hydrogen-bond donors (Lipinski definition) is 2. The molecule has 34 heavy (non-hydrogen) atoms. The standard InChI is InChI=1S/C25H30FN3O5/c1-32-23-14-19(6-7-22(23)33-13-12-29-10-3-9-27-29)16-28-11-8-24(30)25(31,17-28)18-34-21-5-2-4-20(26)15-21/h2-7,9-10,14-15,24,30-31H,8,11-13,16-18H2,1H3/t24-,25-/m0/s1. The number of piperidine rings is 1. The summed E-state index contributed by atoms with van der Waals surface area (Å²) in [5, 5.41) is 25.7. The fourth-order valence-electron chi connectivity index (χ4n) is 4.06.